The number of aromatic hydroxyl groups is 2. The van der Waals surface area contributed by atoms with Crippen molar-refractivity contribution in [3.63, 3.8) is 0 Å². The van der Waals surface area contributed by atoms with Crippen molar-refractivity contribution in [2.45, 2.75) is 183 Å². The number of thioether (sulfide) groups is 2. The summed E-state index contributed by atoms with van der Waals surface area (Å²) in [5.41, 5.74) is 18.3. The number of carbonyl (C=O) groups excluding carboxylic acids is 2. The third-order valence-electron chi connectivity index (χ3n) is 26.8. The maximum atomic E-state index is 15.0. The van der Waals surface area contributed by atoms with E-state index in [1.54, 1.807) is 37.7 Å². The fourth-order valence-corrected chi connectivity index (χ4v) is 25.2. The van der Waals surface area contributed by atoms with Crippen LogP contribution >= 0.6 is 23.5 Å². The summed E-state index contributed by atoms with van der Waals surface area (Å²) in [5, 5.41) is 91.5. The Bertz CT molecular complexity index is 5420. The Morgan fingerprint density at radius 2 is 1.01 bits per heavy atom. The van der Waals surface area contributed by atoms with Crippen molar-refractivity contribution in [3.8, 4) is 52.1 Å². The number of aromatic nitrogens is 2. The molecule has 14 aliphatic rings. The third-order valence-corrected chi connectivity index (χ3v) is 29.8. The minimum Gasteiger partial charge on any atom is -0.504 e. The molecular weight excluding hydrogens is 1610 g/mol. The summed E-state index contributed by atoms with van der Waals surface area (Å²) in [6.07, 6.45) is 1.25. The van der Waals surface area contributed by atoms with Gasteiger partial charge in [-0.15, -0.1) is 33.6 Å². The van der Waals surface area contributed by atoms with E-state index in [4.69, 9.17) is 53.2 Å². The van der Waals surface area contributed by atoms with Crippen molar-refractivity contribution < 1.29 is 106 Å². The van der Waals surface area contributed by atoms with Crippen LogP contribution in [0.2, 0.25) is 0 Å². The summed E-state index contributed by atoms with van der Waals surface area (Å²) >= 11 is 3.29. The van der Waals surface area contributed by atoms with Gasteiger partial charge in [0.2, 0.25) is 13.6 Å². The van der Waals surface area contributed by atoms with Gasteiger partial charge >= 0.3 is 11.9 Å². The minimum absolute atomic E-state index is 0. The standard InChI is InChI=1S/C42H45N5O7S.C41H46N4O8S.CH4.Ag.HNO3/c1-18-7-8-26-24(9-18)25-12-23(14-48)45-42(40(25)44-26)16-55-39-30-20(3)21(4)37-38(54-17-53-37)32(30)29(15-52-41(42)50)47-28(13-43)27-11-22-10-19(2)36(51-6)35(49)31(22)33(34(39)47)46(27)5;1-17-7-8-25-23(9-17)24-12-22(13-46)43-41(38(24)42-25)15-54-37-28-19(3)20(4)35-36(53-16-52-35)30(28)27(14-51-40(41)49)45-32(37)31-29-21(11-26(39(45)48)44(31)5)10-18(2)34(50-6)33(29)47;;;2-1(3)4/h7-10,23,27-29,33-34,39,44-45,48-49H,11-12,14-17H2,1-6H3;7-10,22,26-27,31-32,37,39,42-43,46-48H,11-16H2,1-6H3;1H4;;(H,2,3,4)/t23-,27-,28-,29-,33+,34+,39+,42+;22-,26-,27-,31+,32+,37+,39-,41+;;;/m00.../s1. The molecule has 31 heteroatoms. The molecule has 2 spiro atoms. The number of phenolic OH excluding ortho intramolecular Hbond substituents is 2. The Kier molecular flexibility index (Phi) is 20.6. The maximum Gasteiger partial charge on any atom is 0.333 e. The molecule has 8 aromatic rings. The average Bonchev–Trinajstić information content (AvgIpc) is 1.24. The molecular formula is C84H96AgN10O18S2. The van der Waals surface area contributed by atoms with Crippen molar-refractivity contribution >= 4 is 57.3 Å². The molecule has 0 amide bonds. The van der Waals surface area contributed by atoms with E-state index in [0.717, 1.165) is 133 Å². The minimum atomic E-state index is -1.50. The first-order valence-electron chi connectivity index (χ1n) is 38.4. The van der Waals surface area contributed by atoms with Crippen LogP contribution in [0.15, 0.2) is 48.5 Å². The molecule has 16 atom stereocenters. The van der Waals surface area contributed by atoms with E-state index in [1.807, 2.05) is 33.0 Å². The van der Waals surface area contributed by atoms with E-state index in [1.165, 1.54) is 0 Å². The number of phenols is 2. The molecule has 28 nitrogen and oxygen atoms in total. The number of nitrogens with zero attached hydrogens (tertiary/aromatic N) is 6. The monoisotopic (exact) mass is 1700 g/mol. The molecule has 0 saturated carbocycles. The fourth-order valence-electron chi connectivity index (χ4n) is 21.8. The SMILES string of the molecule is C.COc1c(C)cc2c(c1O)[C@@H]1[C@@H]3[C@@H]4SC[C@]5(N[C@H](CO)Cc6c5[nH]c5ccc(C)cc65)C(=O)OC[C@@H](c5c6c(c(C)c(C)c54)OCO6)N3[C@@H](C#N)[C@H](C2)N1C.COc1c(C)cc2c(c1O)[C@@H]1[C@@H]3[C@@H]4SC[C@]5(N[C@H](CO)Cc6c5[nH]c5ccc(C)cc65)C(=O)OC[C@@H](c5c6c(c(C)c(C)c54)OCO6)N3[C@@H](O)[C@H](C2)N1C.O=[N+]([O-])O.[Ag]. The van der Waals surface area contributed by atoms with Gasteiger partial charge in [-0.25, -0.2) is 9.59 Å². The van der Waals surface area contributed by atoms with Crippen LogP contribution in [-0.2, 0) is 78.2 Å². The molecule has 0 aliphatic carbocycles. The molecule has 16 heterocycles. The number of hydrogen-bond acceptors (Lipinski definition) is 26. The second-order valence-electron chi connectivity index (χ2n) is 32.5. The summed E-state index contributed by atoms with van der Waals surface area (Å²) in [5.74, 6) is 3.45. The molecule has 2 aromatic heterocycles. The zero-order valence-electron chi connectivity index (χ0n) is 65.1. The van der Waals surface area contributed by atoms with E-state index in [-0.39, 0.29) is 152 Å². The zero-order valence-corrected chi connectivity index (χ0v) is 68.2. The molecule has 4 saturated heterocycles. The molecule has 14 aliphatic heterocycles. The van der Waals surface area contributed by atoms with Gasteiger partial charge < -0.3 is 78.6 Å². The van der Waals surface area contributed by atoms with Crippen molar-refractivity contribution in [3.05, 3.63) is 170 Å². The number of methoxy groups -OCH3 is 2. The molecule has 0 unspecified atom stereocenters. The number of carbonyl (C=O) groups is 2. The summed E-state index contributed by atoms with van der Waals surface area (Å²) in [6, 6.07) is 15.0. The first-order valence-corrected chi connectivity index (χ1v) is 40.5. The summed E-state index contributed by atoms with van der Waals surface area (Å²) < 4.78 is 49.4. The average molecular weight is 1710 g/mol. The Morgan fingerprint density at radius 1 is 0.600 bits per heavy atom. The Hall–Kier alpha value is -8.49. The van der Waals surface area contributed by atoms with Gasteiger partial charge in [-0.05, 0) is 186 Å². The van der Waals surface area contributed by atoms with Gasteiger partial charge in [-0.1, -0.05) is 42.8 Å². The van der Waals surface area contributed by atoms with E-state index >= 15 is 0 Å². The van der Waals surface area contributed by atoms with Crippen LogP contribution in [0.5, 0.6) is 46.0 Å². The van der Waals surface area contributed by atoms with Crippen LogP contribution in [0.4, 0.5) is 0 Å². The first-order chi connectivity index (χ1) is 54.2. The van der Waals surface area contributed by atoms with Gasteiger partial charge in [0.05, 0.1) is 75.1 Å². The van der Waals surface area contributed by atoms with E-state index in [9.17, 15) is 40.4 Å². The number of nitrogens with one attached hydrogen (secondary N) is 4. The number of aryl methyl sites for hydroxylation is 4. The Labute approximate surface area is 689 Å². The first kappa shape index (κ1) is 80.3. The largest absolute Gasteiger partial charge is 0.504 e. The van der Waals surface area contributed by atoms with Gasteiger partial charge in [0.25, 0.3) is 5.09 Å². The fraction of sp³-hybridized carbons (Fsp3) is 0.488. The van der Waals surface area contributed by atoms with Crippen molar-refractivity contribution in [2.75, 3.05) is 79.8 Å². The molecule has 8 bridgehead atoms. The molecule has 10 N–H and O–H groups in total. The van der Waals surface area contributed by atoms with Gasteiger partial charge in [0.15, 0.2) is 57.1 Å². The second-order valence-corrected chi connectivity index (χ2v) is 34.7. The molecule has 22 rings (SSSR count). The van der Waals surface area contributed by atoms with Gasteiger partial charge in [0.1, 0.15) is 25.5 Å². The smallest absolute Gasteiger partial charge is 0.333 e. The number of ether oxygens (including phenoxy) is 8. The molecule has 4 fully saturated rings. The number of likely N-dealkylation sites (N-methyl/N-ethyl adjacent to an activating group) is 2. The summed E-state index contributed by atoms with van der Waals surface area (Å²) in [6.45, 7) is 16.1. The van der Waals surface area contributed by atoms with Crippen molar-refractivity contribution in [1.29, 1.82) is 5.26 Å². The number of hydrogen-bond donors (Lipinski definition) is 10. The zero-order chi connectivity index (χ0) is 79.3. The Morgan fingerprint density at radius 3 is 1.43 bits per heavy atom. The normalized spacial score (nSPS) is 29.5. The van der Waals surface area contributed by atoms with Gasteiger partial charge in [-0.2, -0.15) is 5.26 Å². The van der Waals surface area contributed by atoms with Crippen LogP contribution in [0.3, 0.4) is 0 Å². The van der Waals surface area contributed by atoms with E-state index < -0.39 is 52.5 Å². The predicted octanol–water partition coefficient (Wildman–Crippen LogP) is 9.33. The van der Waals surface area contributed by atoms with Crippen molar-refractivity contribution in [1.82, 2.24) is 40.2 Å². The molecule has 115 heavy (non-hydrogen) atoms. The number of rotatable bonds is 4. The van der Waals surface area contributed by atoms with Gasteiger partial charge in [-0.3, -0.25) is 30.2 Å². The summed E-state index contributed by atoms with van der Waals surface area (Å²) in [4.78, 5) is 54.4. The topological polar surface area (TPSA) is 365 Å². The maximum absolute atomic E-state index is 15.0. The molecule has 6 aromatic carbocycles. The summed E-state index contributed by atoms with van der Waals surface area (Å²) in [7, 11) is 7.27. The molecule has 613 valence electrons. The predicted molar refractivity (Wildman–Crippen MR) is 424 cm³/mol. The number of nitriles is 1. The van der Waals surface area contributed by atoms with E-state index in [0.29, 0.717) is 60.2 Å². The number of H-pyrrole nitrogens is 2. The number of aromatic amines is 2. The number of fused-ring (bicyclic) bond motifs is 22. The Balaban J connectivity index is 0.000000163. The van der Waals surface area contributed by atoms with Crippen LogP contribution in [0, 0.1) is 76.8 Å². The molecule has 1 radical (unpaired) electrons. The number of aliphatic hydroxyl groups is 3. The van der Waals surface area contributed by atoms with Crippen LogP contribution in [0.1, 0.15) is 154 Å². The van der Waals surface area contributed by atoms with Crippen LogP contribution in [-0.4, -0.2) is 206 Å². The quantitative estimate of drug-likeness (QED) is 0.0339. The number of esters is 2. The third kappa shape index (κ3) is 11.6. The van der Waals surface area contributed by atoms with Crippen LogP contribution in [0.25, 0.3) is 21.8 Å². The number of benzene rings is 6. The second kappa shape index (κ2) is 29.5. The number of aliphatic hydroxyl groups excluding tert-OH is 3. The van der Waals surface area contributed by atoms with E-state index in [2.05, 4.69) is 131 Å². The van der Waals surface area contributed by atoms with Gasteiger partial charge in [0, 0.05) is 119 Å². The number of piperazine rings is 2. The van der Waals surface area contributed by atoms with Crippen LogP contribution < -0.4 is 39.1 Å². The van der Waals surface area contributed by atoms with Crippen molar-refractivity contribution in [2.24, 2.45) is 0 Å².